The molecule has 0 aromatic carbocycles. The molecule has 1 rings (SSSR count). The molecule has 3 nitrogen and oxygen atoms in total. The van der Waals surface area contributed by atoms with E-state index >= 15 is 0 Å². The zero-order valence-corrected chi connectivity index (χ0v) is 10.6. The number of carbonyl (C=O) groups is 1. The Hall–Kier alpha value is -0.830. The van der Waals surface area contributed by atoms with Crippen LogP contribution in [-0.4, -0.2) is 22.8 Å². The van der Waals surface area contributed by atoms with Gasteiger partial charge >= 0.3 is 5.97 Å². The van der Waals surface area contributed by atoms with Gasteiger partial charge in [-0.3, -0.25) is 0 Å². The first-order valence-corrected chi connectivity index (χ1v) is 5.89. The molecule has 1 N–H and O–H groups in total. The van der Waals surface area contributed by atoms with Crippen molar-refractivity contribution < 1.29 is 14.6 Å². The van der Waals surface area contributed by atoms with Crippen molar-refractivity contribution in [3.8, 4) is 0 Å². The van der Waals surface area contributed by atoms with Crippen molar-refractivity contribution in [2.45, 2.75) is 52.2 Å². The van der Waals surface area contributed by atoms with E-state index in [9.17, 15) is 9.90 Å². The zero-order chi connectivity index (χ0) is 12.5. The molecule has 0 spiro atoms. The van der Waals surface area contributed by atoms with Gasteiger partial charge in [0.25, 0.3) is 0 Å². The van der Waals surface area contributed by atoms with Crippen LogP contribution in [0.25, 0.3) is 0 Å². The van der Waals surface area contributed by atoms with Crippen LogP contribution < -0.4 is 0 Å². The van der Waals surface area contributed by atoms with Gasteiger partial charge in [0.2, 0.25) is 0 Å². The minimum atomic E-state index is -1.38. The first-order chi connectivity index (χ1) is 7.30. The van der Waals surface area contributed by atoms with Gasteiger partial charge in [-0.15, -0.1) is 0 Å². The van der Waals surface area contributed by atoms with E-state index in [2.05, 4.69) is 6.58 Å². The largest absolute Gasteiger partial charge is 0.461 e. The molecule has 1 aliphatic carbocycles. The highest BCUT2D eigenvalue weighted by molar-refractivity contribution is 5.81. The van der Waals surface area contributed by atoms with Gasteiger partial charge in [0.05, 0.1) is 6.10 Å². The summed E-state index contributed by atoms with van der Waals surface area (Å²) in [6.45, 7) is 11.2. The second-order valence-electron chi connectivity index (χ2n) is 5.16. The molecule has 0 amide bonds. The van der Waals surface area contributed by atoms with E-state index in [1.807, 2.05) is 13.8 Å². The highest BCUT2D eigenvalue weighted by Crippen LogP contribution is 2.44. The van der Waals surface area contributed by atoms with Crippen molar-refractivity contribution in [3.05, 3.63) is 12.2 Å². The summed E-state index contributed by atoms with van der Waals surface area (Å²) in [7, 11) is 0. The average molecular weight is 226 g/mol. The maximum absolute atomic E-state index is 12.0. The lowest BCUT2D eigenvalue weighted by atomic mass is 9.81. The number of carbonyl (C=O) groups excluding carboxylic acids is 1. The predicted molar refractivity (Wildman–Crippen MR) is 62.9 cm³/mol. The fraction of sp³-hybridized carbons (Fsp3) is 0.769. The van der Waals surface area contributed by atoms with Crippen LogP contribution in [0.5, 0.6) is 0 Å². The Kier molecular flexibility index (Phi) is 3.79. The minimum Gasteiger partial charge on any atom is -0.461 e. The van der Waals surface area contributed by atoms with Crippen LogP contribution in [0.3, 0.4) is 0 Å². The van der Waals surface area contributed by atoms with Crippen molar-refractivity contribution in [2.24, 2.45) is 11.8 Å². The summed E-state index contributed by atoms with van der Waals surface area (Å²) in [4.78, 5) is 12.0. The van der Waals surface area contributed by atoms with E-state index in [0.29, 0.717) is 0 Å². The van der Waals surface area contributed by atoms with Crippen molar-refractivity contribution in [1.82, 2.24) is 0 Å². The molecule has 1 saturated carbocycles. The van der Waals surface area contributed by atoms with Crippen molar-refractivity contribution in [3.63, 3.8) is 0 Å². The molecule has 3 atom stereocenters. The van der Waals surface area contributed by atoms with Crippen LogP contribution in [0, 0.1) is 11.8 Å². The summed E-state index contributed by atoms with van der Waals surface area (Å²) in [5, 5.41) is 10.6. The molecule has 0 aromatic rings. The lowest BCUT2D eigenvalue weighted by Gasteiger charge is -2.32. The Bertz CT molecular complexity index is 296. The standard InChI is InChI=1S/C13H22O3/c1-8(2)11-7-6-10(5)13(11,15)12(14)16-9(3)4/h9-11,15H,1,6-7H2,2-5H3/t10?,11-,13-/m0/s1. The van der Waals surface area contributed by atoms with Gasteiger partial charge in [-0.2, -0.15) is 0 Å². The Balaban J connectivity index is 2.94. The molecule has 0 radical (unpaired) electrons. The topological polar surface area (TPSA) is 46.5 Å². The van der Waals surface area contributed by atoms with Crippen LogP contribution in [-0.2, 0) is 9.53 Å². The zero-order valence-electron chi connectivity index (χ0n) is 10.6. The van der Waals surface area contributed by atoms with Crippen molar-refractivity contribution in [1.29, 1.82) is 0 Å². The van der Waals surface area contributed by atoms with Crippen LogP contribution in [0.1, 0.15) is 40.5 Å². The molecule has 0 bridgehead atoms. The summed E-state index contributed by atoms with van der Waals surface area (Å²) >= 11 is 0. The van der Waals surface area contributed by atoms with Crippen LogP contribution in [0.15, 0.2) is 12.2 Å². The first kappa shape index (κ1) is 13.2. The molecular weight excluding hydrogens is 204 g/mol. The molecule has 92 valence electrons. The molecule has 0 heterocycles. The minimum absolute atomic E-state index is 0.0690. The van der Waals surface area contributed by atoms with Gasteiger partial charge in [-0.05, 0) is 39.5 Å². The van der Waals surface area contributed by atoms with Gasteiger partial charge in [0.1, 0.15) is 0 Å². The second kappa shape index (κ2) is 4.58. The average Bonchev–Trinajstić information content (AvgIpc) is 2.43. The fourth-order valence-corrected chi connectivity index (χ4v) is 2.47. The van der Waals surface area contributed by atoms with E-state index in [1.165, 1.54) is 0 Å². The molecule has 0 saturated heterocycles. The smallest absolute Gasteiger partial charge is 0.339 e. The lowest BCUT2D eigenvalue weighted by molar-refractivity contribution is -0.176. The second-order valence-corrected chi connectivity index (χ2v) is 5.16. The van der Waals surface area contributed by atoms with Gasteiger partial charge in [-0.25, -0.2) is 4.79 Å². The molecule has 16 heavy (non-hydrogen) atoms. The van der Waals surface area contributed by atoms with Gasteiger partial charge in [-0.1, -0.05) is 19.1 Å². The summed E-state index contributed by atoms with van der Waals surface area (Å²) in [5.41, 5.74) is -0.525. The molecular formula is C13H22O3. The van der Waals surface area contributed by atoms with Crippen LogP contribution in [0.2, 0.25) is 0 Å². The summed E-state index contributed by atoms with van der Waals surface area (Å²) in [5.74, 6) is -0.741. The molecule has 1 aliphatic rings. The maximum Gasteiger partial charge on any atom is 0.339 e. The summed E-state index contributed by atoms with van der Waals surface area (Å²) in [6.07, 6.45) is 1.44. The molecule has 1 fully saturated rings. The van der Waals surface area contributed by atoms with E-state index in [0.717, 1.165) is 18.4 Å². The third-order valence-electron chi connectivity index (χ3n) is 3.44. The predicted octanol–water partition coefficient (Wildman–Crippen LogP) is 2.29. The third kappa shape index (κ3) is 2.14. The number of hydrogen-bond acceptors (Lipinski definition) is 3. The van der Waals surface area contributed by atoms with Crippen molar-refractivity contribution in [2.75, 3.05) is 0 Å². The number of ether oxygens (including phenoxy) is 1. The van der Waals surface area contributed by atoms with Crippen molar-refractivity contribution >= 4 is 5.97 Å². The first-order valence-electron chi connectivity index (χ1n) is 5.89. The molecule has 1 unspecified atom stereocenters. The molecule has 3 heteroatoms. The number of hydrogen-bond donors (Lipinski definition) is 1. The Labute approximate surface area is 97.5 Å². The van der Waals surface area contributed by atoms with Gasteiger partial charge in [0, 0.05) is 5.92 Å². The van der Waals surface area contributed by atoms with E-state index in [1.54, 1.807) is 13.8 Å². The SMILES string of the molecule is C=C(C)[C@@H]1CCC(C)[C@@]1(O)C(=O)OC(C)C. The normalized spacial score (nSPS) is 34.1. The summed E-state index contributed by atoms with van der Waals surface area (Å²) < 4.78 is 5.16. The number of esters is 1. The fourth-order valence-electron chi connectivity index (χ4n) is 2.47. The maximum atomic E-state index is 12.0. The van der Waals surface area contributed by atoms with Crippen LogP contribution in [0.4, 0.5) is 0 Å². The lowest BCUT2D eigenvalue weighted by Crippen LogP contribution is -2.49. The van der Waals surface area contributed by atoms with Gasteiger partial charge in [0.15, 0.2) is 5.60 Å². The molecule has 0 aromatic heterocycles. The van der Waals surface area contributed by atoms with E-state index in [-0.39, 0.29) is 17.9 Å². The van der Waals surface area contributed by atoms with Gasteiger partial charge < -0.3 is 9.84 Å². The quantitative estimate of drug-likeness (QED) is 0.593. The van der Waals surface area contributed by atoms with Crippen LogP contribution >= 0.6 is 0 Å². The Morgan fingerprint density at radius 3 is 2.50 bits per heavy atom. The monoisotopic (exact) mass is 226 g/mol. The highest BCUT2D eigenvalue weighted by Gasteiger charge is 2.54. The summed E-state index contributed by atoms with van der Waals surface area (Å²) in [6, 6.07) is 0. The molecule has 0 aliphatic heterocycles. The Morgan fingerprint density at radius 1 is 1.50 bits per heavy atom. The Morgan fingerprint density at radius 2 is 2.06 bits per heavy atom. The highest BCUT2D eigenvalue weighted by atomic mass is 16.6. The van der Waals surface area contributed by atoms with E-state index < -0.39 is 11.6 Å². The number of rotatable bonds is 3. The number of aliphatic hydroxyl groups is 1. The third-order valence-corrected chi connectivity index (χ3v) is 3.44. The van der Waals surface area contributed by atoms with E-state index in [4.69, 9.17) is 4.74 Å².